The second kappa shape index (κ2) is 11.0. The molecule has 0 saturated heterocycles. The number of hydrogen-bond donors (Lipinski definition) is 2. The lowest BCUT2D eigenvalue weighted by atomic mass is 10.1. The van der Waals surface area contributed by atoms with Gasteiger partial charge < -0.3 is 20.1 Å². The topological polar surface area (TPSA) is 76.7 Å². The minimum atomic E-state index is -0.136. The molecule has 6 heteroatoms. The summed E-state index contributed by atoms with van der Waals surface area (Å²) in [5, 5.41) is 5.76. The van der Waals surface area contributed by atoms with E-state index in [1.165, 1.54) is 0 Å². The Balaban J connectivity index is 1.69. The van der Waals surface area contributed by atoms with Crippen LogP contribution in [0.15, 0.2) is 48.5 Å². The van der Waals surface area contributed by atoms with Gasteiger partial charge in [-0.2, -0.15) is 0 Å². The molecule has 0 spiro atoms. The van der Waals surface area contributed by atoms with E-state index in [-0.39, 0.29) is 30.7 Å². The summed E-state index contributed by atoms with van der Waals surface area (Å²) < 4.78 is 10.5. The van der Waals surface area contributed by atoms with Gasteiger partial charge in [0.15, 0.2) is 11.5 Å². The molecule has 6 nitrogen and oxygen atoms in total. The zero-order valence-electron chi connectivity index (χ0n) is 16.7. The van der Waals surface area contributed by atoms with E-state index < -0.39 is 0 Å². The second-order valence-corrected chi connectivity index (χ2v) is 6.49. The van der Waals surface area contributed by atoms with Crippen LogP contribution >= 0.6 is 0 Å². The molecule has 0 heterocycles. The number of nitrogens with one attached hydrogen (secondary N) is 2. The van der Waals surface area contributed by atoms with E-state index in [1.807, 2.05) is 55.5 Å². The maximum atomic E-state index is 12.0. The Morgan fingerprint density at radius 3 is 2.29 bits per heavy atom. The molecule has 2 aromatic rings. The largest absolute Gasteiger partial charge is 0.493 e. The molecule has 2 amide bonds. The lowest BCUT2D eigenvalue weighted by Crippen LogP contribution is -2.30. The zero-order valence-corrected chi connectivity index (χ0v) is 16.7. The van der Waals surface area contributed by atoms with Crippen molar-refractivity contribution in [1.82, 2.24) is 10.6 Å². The predicted octanol–water partition coefficient (Wildman–Crippen LogP) is 3.02. The highest BCUT2D eigenvalue weighted by molar-refractivity contribution is 5.83. The first-order valence-electron chi connectivity index (χ1n) is 9.35. The number of amides is 2. The molecule has 2 rings (SSSR count). The smallest absolute Gasteiger partial charge is 0.220 e. The molecule has 0 saturated carbocycles. The number of methoxy groups -OCH3 is 2. The molecule has 0 radical (unpaired) electrons. The number of carbonyl (C=O) groups excluding carboxylic acids is 2. The first kappa shape index (κ1) is 21.3. The van der Waals surface area contributed by atoms with Crippen LogP contribution < -0.4 is 20.1 Å². The van der Waals surface area contributed by atoms with E-state index in [4.69, 9.17) is 9.47 Å². The molecule has 28 heavy (non-hydrogen) atoms. The van der Waals surface area contributed by atoms with Crippen LogP contribution in [0.4, 0.5) is 0 Å². The highest BCUT2D eigenvalue weighted by Gasteiger charge is 2.11. The SMILES string of the molecule is COc1ccc(CCNC(=O)CCC(=O)N[C@H](C)c2ccccc2)cc1OC. The van der Waals surface area contributed by atoms with Crippen molar-refractivity contribution in [2.24, 2.45) is 0 Å². The van der Waals surface area contributed by atoms with Crippen molar-refractivity contribution in [1.29, 1.82) is 0 Å². The summed E-state index contributed by atoms with van der Waals surface area (Å²) in [5.41, 5.74) is 2.07. The first-order chi connectivity index (χ1) is 13.5. The van der Waals surface area contributed by atoms with Gasteiger partial charge in [0.05, 0.1) is 20.3 Å². The Morgan fingerprint density at radius 1 is 0.929 bits per heavy atom. The van der Waals surface area contributed by atoms with Gasteiger partial charge in [-0.05, 0) is 36.6 Å². The van der Waals surface area contributed by atoms with Crippen LogP contribution in [0.2, 0.25) is 0 Å². The van der Waals surface area contributed by atoms with Crippen molar-refractivity contribution >= 4 is 11.8 Å². The zero-order chi connectivity index (χ0) is 20.4. The molecule has 1 atom stereocenters. The van der Waals surface area contributed by atoms with Crippen LogP contribution in [0.5, 0.6) is 11.5 Å². The lowest BCUT2D eigenvalue weighted by Gasteiger charge is -2.14. The van der Waals surface area contributed by atoms with Crippen molar-refractivity contribution < 1.29 is 19.1 Å². The van der Waals surface area contributed by atoms with Crippen LogP contribution in [0.1, 0.15) is 36.9 Å². The average molecular weight is 384 g/mol. The summed E-state index contributed by atoms with van der Waals surface area (Å²) in [6, 6.07) is 15.3. The Bertz CT molecular complexity index is 777. The molecule has 0 fully saturated rings. The van der Waals surface area contributed by atoms with Gasteiger partial charge in [-0.15, -0.1) is 0 Å². The molecular weight excluding hydrogens is 356 g/mol. The van der Waals surface area contributed by atoms with Crippen LogP contribution in [0, 0.1) is 0 Å². The highest BCUT2D eigenvalue weighted by atomic mass is 16.5. The quantitative estimate of drug-likeness (QED) is 0.660. The molecule has 2 N–H and O–H groups in total. The monoisotopic (exact) mass is 384 g/mol. The van der Waals surface area contributed by atoms with Gasteiger partial charge in [-0.25, -0.2) is 0 Å². The maximum Gasteiger partial charge on any atom is 0.220 e. The third-order valence-electron chi connectivity index (χ3n) is 4.44. The molecule has 0 aliphatic heterocycles. The minimum Gasteiger partial charge on any atom is -0.493 e. The summed E-state index contributed by atoms with van der Waals surface area (Å²) in [7, 11) is 3.18. The summed E-state index contributed by atoms with van der Waals surface area (Å²) >= 11 is 0. The van der Waals surface area contributed by atoms with Gasteiger partial charge >= 0.3 is 0 Å². The van der Waals surface area contributed by atoms with Gasteiger partial charge in [-0.1, -0.05) is 36.4 Å². The Kier molecular flexibility index (Phi) is 8.34. The fourth-order valence-electron chi connectivity index (χ4n) is 2.84. The first-order valence-corrected chi connectivity index (χ1v) is 9.35. The number of carbonyl (C=O) groups is 2. The van der Waals surface area contributed by atoms with E-state index in [9.17, 15) is 9.59 Å². The fraction of sp³-hybridized carbons (Fsp3) is 0.364. The summed E-state index contributed by atoms with van der Waals surface area (Å²) in [4.78, 5) is 24.0. The van der Waals surface area contributed by atoms with Gasteiger partial charge in [0.1, 0.15) is 0 Å². The fourth-order valence-corrected chi connectivity index (χ4v) is 2.84. The number of rotatable bonds is 10. The summed E-state index contributed by atoms with van der Waals surface area (Å²) in [5.74, 6) is 1.07. The van der Waals surface area contributed by atoms with Crippen molar-refractivity contribution in [2.45, 2.75) is 32.2 Å². The van der Waals surface area contributed by atoms with E-state index in [0.29, 0.717) is 24.5 Å². The normalized spacial score (nSPS) is 11.4. The van der Waals surface area contributed by atoms with E-state index in [2.05, 4.69) is 10.6 Å². The van der Waals surface area contributed by atoms with Crippen LogP contribution in [-0.4, -0.2) is 32.6 Å². The molecular formula is C22H28N2O4. The summed E-state index contributed by atoms with van der Waals surface area (Å²) in [6.45, 7) is 2.42. The van der Waals surface area contributed by atoms with Gasteiger partial charge in [-0.3, -0.25) is 9.59 Å². The molecule has 0 aliphatic carbocycles. The number of benzene rings is 2. The molecule has 0 unspecified atom stereocenters. The Hall–Kier alpha value is -3.02. The van der Waals surface area contributed by atoms with Crippen molar-refractivity contribution in [2.75, 3.05) is 20.8 Å². The number of ether oxygens (including phenoxy) is 2. The lowest BCUT2D eigenvalue weighted by molar-refractivity contribution is -0.126. The molecule has 0 bridgehead atoms. The molecule has 0 aromatic heterocycles. The second-order valence-electron chi connectivity index (χ2n) is 6.49. The minimum absolute atomic E-state index is 0.0817. The molecule has 150 valence electrons. The molecule has 0 aliphatic rings. The standard InChI is InChI=1S/C22H28N2O4/c1-16(18-7-5-4-6-8-18)24-22(26)12-11-21(25)23-14-13-17-9-10-19(27-2)20(15-17)28-3/h4-10,15-16H,11-14H2,1-3H3,(H,23,25)(H,24,26)/t16-/m1/s1. The highest BCUT2D eigenvalue weighted by Crippen LogP contribution is 2.27. The van der Waals surface area contributed by atoms with Crippen molar-refractivity contribution in [3.63, 3.8) is 0 Å². The third-order valence-corrected chi connectivity index (χ3v) is 4.44. The van der Waals surface area contributed by atoms with Crippen LogP contribution in [0.3, 0.4) is 0 Å². The Labute approximate surface area is 166 Å². The summed E-state index contributed by atoms with van der Waals surface area (Å²) in [6.07, 6.45) is 1.00. The predicted molar refractivity (Wildman–Crippen MR) is 108 cm³/mol. The van der Waals surface area contributed by atoms with Gasteiger partial charge in [0, 0.05) is 19.4 Å². The third kappa shape index (κ3) is 6.61. The maximum absolute atomic E-state index is 12.0. The van der Waals surface area contributed by atoms with Crippen LogP contribution in [-0.2, 0) is 16.0 Å². The van der Waals surface area contributed by atoms with Crippen molar-refractivity contribution in [3.8, 4) is 11.5 Å². The van der Waals surface area contributed by atoms with E-state index >= 15 is 0 Å². The van der Waals surface area contributed by atoms with Gasteiger partial charge in [0.2, 0.25) is 11.8 Å². The number of hydrogen-bond acceptors (Lipinski definition) is 4. The average Bonchev–Trinajstić information content (AvgIpc) is 2.72. The van der Waals surface area contributed by atoms with E-state index in [1.54, 1.807) is 14.2 Å². The van der Waals surface area contributed by atoms with Crippen molar-refractivity contribution in [3.05, 3.63) is 59.7 Å². The van der Waals surface area contributed by atoms with Crippen LogP contribution in [0.25, 0.3) is 0 Å². The Morgan fingerprint density at radius 2 is 1.61 bits per heavy atom. The van der Waals surface area contributed by atoms with Gasteiger partial charge in [0.25, 0.3) is 0 Å². The molecule has 2 aromatic carbocycles. The van der Waals surface area contributed by atoms with E-state index in [0.717, 1.165) is 11.1 Å².